The lowest BCUT2D eigenvalue weighted by Crippen LogP contribution is -2.67. The fourth-order valence-corrected chi connectivity index (χ4v) is 8.04. The second-order valence-corrected chi connectivity index (χ2v) is 18.8. The minimum absolute atomic E-state index is 0.00382. The van der Waals surface area contributed by atoms with Gasteiger partial charge in [-0.25, -0.2) is 4.79 Å². The number of thiocarbonyl (C=S) groups is 1. The Morgan fingerprint density at radius 2 is 1.79 bits per heavy atom. The third-order valence-electron chi connectivity index (χ3n) is 4.97. The molecule has 0 aromatic carbocycles. The van der Waals surface area contributed by atoms with Gasteiger partial charge < -0.3 is 14.4 Å². The summed E-state index contributed by atoms with van der Waals surface area (Å²) in [6, 6.07) is 0. The zero-order valence-electron chi connectivity index (χ0n) is 18.0. The maximum absolute atomic E-state index is 12.8. The van der Waals surface area contributed by atoms with Crippen molar-refractivity contribution >= 4 is 71.1 Å². The fourth-order valence-electron chi connectivity index (χ4n) is 2.52. The van der Waals surface area contributed by atoms with Crippen LogP contribution in [-0.4, -0.2) is 55.5 Å². The molecule has 162 valence electrons. The van der Waals surface area contributed by atoms with Crippen LogP contribution in [0.4, 0.5) is 0 Å². The third-order valence-corrected chi connectivity index (χ3v) is 12.7. The summed E-state index contributed by atoms with van der Waals surface area (Å²) in [7, 11) is -2.09. The number of hydrogen-bond acceptors (Lipinski definition) is 6. The Morgan fingerprint density at radius 3 is 2.18 bits per heavy atom. The summed E-state index contributed by atoms with van der Waals surface area (Å²) < 4.78 is 7.00. The van der Waals surface area contributed by atoms with Crippen LogP contribution >= 0.6 is 47.3 Å². The van der Waals surface area contributed by atoms with E-state index in [0.717, 1.165) is 0 Å². The van der Waals surface area contributed by atoms with Crippen LogP contribution < -0.4 is 0 Å². The van der Waals surface area contributed by atoms with Crippen LogP contribution in [0.25, 0.3) is 0 Å². The van der Waals surface area contributed by atoms with Crippen molar-refractivity contribution in [1.82, 2.24) is 4.90 Å². The number of carbonyl (C=O) groups is 2. The summed E-state index contributed by atoms with van der Waals surface area (Å²) in [6.45, 7) is 18.7. The van der Waals surface area contributed by atoms with E-state index in [9.17, 15) is 14.7 Å². The zero-order chi connectivity index (χ0) is 22.2. The highest BCUT2D eigenvalue weighted by molar-refractivity contribution is 8.47. The molecule has 0 unspecified atom stereocenters. The van der Waals surface area contributed by atoms with Crippen molar-refractivity contribution in [2.24, 2.45) is 5.92 Å². The Bertz CT molecular complexity index is 633. The number of halogens is 1. The summed E-state index contributed by atoms with van der Waals surface area (Å²) in [5.41, 5.74) is -1.41. The van der Waals surface area contributed by atoms with E-state index < -0.39 is 31.1 Å². The van der Waals surface area contributed by atoms with E-state index in [0.29, 0.717) is 3.53 Å². The molecule has 1 rings (SSSR count). The summed E-state index contributed by atoms with van der Waals surface area (Å²) >= 11 is 14.4. The van der Waals surface area contributed by atoms with Crippen LogP contribution in [0.2, 0.25) is 18.1 Å². The van der Waals surface area contributed by atoms with Gasteiger partial charge >= 0.3 is 5.97 Å². The van der Waals surface area contributed by atoms with Crippen molar-refractivity contribution in [2.45, 2.75) is 88.3 Å². The molecule has 1 fully saturated rings. The van der Waals surface area contributed by atoms with Crippen molar-refractivity contribution < 1.29 is 19.1 Å². The van der Waals surface area contributed by atoms with Crippen molar-refractivity contribution in [3.8, 4) is 0 Å². The predicted molar refractivity (Wildman–Crippen MR) is 127 cm³/mol. The van der Waals surface area contributed by atoms with Gasteiger partial charge in [0.25, 0.3) is 0 Å². The van der Waals surface area contributed by atoms with Gasteiger partial charge in [-0.15, -0.1) is 11.8 Å². The van der Waals surface area contributed by atoms with Gasteiger partial charge in [-0.1, -0.05) is 77.1 Å². The molecule has 1 amide bonds. The second kappa shape index (κ2) is 9.14. The summed E-state index contributed by atoms with van der Waals surface area (Å²) in [4.78, 5) is 25.4. The number of β-lactam (4-membered cyclic amide) rings is 1. The lowest BCUT2D eigenvalue weighted by molar-refractivity contribution is -0.164. The lowest BCUT2D eigenvalue weighted by Gasteiger charge is -2.51. The normalized spacial score (nSPS) is 23.2. The van der Waals surface area contributed by atoms with Gasteiger partial charge in [0.05, 0.1) is 17.4 Å². The van der Waals surface area contributed by atoms with Crippen LogP contribution in [0.15, 0.2) is 0 Å². The van der Waals surface area contributed by atoms with Crippen molar-refractivity contribution in [1.29, 1.82) is 0 Å². The topological polar surface area (TPSA) is 66.8 Å². The standard InChI is InChI=1S/C18H32ClNO4S3Si/c1-10(24-28(8,9)18(5,6)7)11-13(21)20(12(19)15(22)23)14(11)26-16(25)27-17(2,3)4/h10-12,14H,1-9H3,(H,22,23)/t10-,11+,12-,14-/m1/s1. The number of aliphatic carboxylic acids is 1. The van der Waals surface area contributed by atoms with E-state index in [1.54, 1.807) is 0 Å². The van der Waals surface area contributed by atoms with Crippen LogP contribution in [0, 0.1) is 5.92 Å². The summed E-state index contributed by atoms with van der Waals surface area (Å²) in [5.74, 6) is -2.01. The van der Waals surface area contributed by atoms with Crippen LogP contribution in [0.3, 0.4) is 0 Å². The smallest absolute Gasteiger partial charge is 0.342 e. The number of nitrogens with zero attached hydrogens (tertiary/aromatic N) is 1. The molecule has 4 atom stereocenters. The minimum atomic E-state index is -2.09. The molecule has 28 heavy (non-hydrogen) atoms. The van der Waals surface area contributed by atoms with E-state index in [4.69, 9.17) is 28.2 Å². The van der Waals surface area contributed by atoms with Crippen LogP contribution in [-0.2, 0) is 14.0 Å². The molecule has 0 aromatic rings. The highest BCUT2D eigenvalue weighted by Gasteiger charge is 2.56. The first-order valence-corrected chi connectivity index (χ1v) is 14.6. The molecule has 1 aliphatic heterocycles. The number of carboxylic acid groups (broad SMARTS) is 1. The molecule has 0 aliphatic carbocycles. The number of thioether (sulfide) groups is 2. The molecule has 0 bridgehead atoms. The molecule has 0 saturated carbocycles. The van der Waals surface area contributed by atoms with Gasteiger partial charge in [0.15, 0.2) is 8.32 Å². The zero-order valence-corrected chi connectivity index (χ0v) is 22.2. The molecule has 0 spiro atoms. The van der Waals surface area contributed by atoms with E-state index in [1.165, 1.54) is 28.4 Å². The van der Waals surface area contributed by atoms with Gasteiger partial charge in [-0.2, -0.15) is 0 Å². The Hall–Kier alpha value is 0.197. The molecule has 1 saturated heterocycles. The number of carbonyl (C=O) groups excluding carboxylic acids is 1. The van der Waals surface area contributed by atoms with E-state index in [2.05, 4.69) is 54.6 Å². The maximum atomic E-state index is 12.8. The number of rotatable bonds is 6. The molecule has 0 aromatic heterocycles. The largest absolute Gasteiger partial charge is 0.479 e. The van der Waals surface area contributed by atoms with Gasteiger partial charge in [0.1, 0.15) is 3.53 Å². The Balaban J connectivity index is 3.06. The SMILES string of the molecule is C[C@@H](O[Si](C)(C)C(C)(C)C)[C@H]1C(=O)N([C@@H](Cl)C(=O)O)[C@@H]1SC(=S)SC(C)(C)C. The third kappa shape index (κ3) is 6.35. The van der Waals surface area contributed by atoms with Gasteiger partial charge in [-0.05, 0) is 25.1 Å². The first-order chi connectivity index (χ1) is 12.4. The van der Waals surface area contributed by atoms with Crippen LogP contribution in [0.5, 0.6) is 0 Å². The Labute approximate surface area is 188 Å². The molecule has 0 radical (unpaired) electrons. The van der Waals surface area contributed by atoms with Crippen LogP contribution in [0.1, 0.15) is 48.5 Å². The Kier molecular flexibility index (Phi) is 8.56. The molecular formula is C18H32ClNO4S3Si. The minimum Gasteiger partial charge on any atom is -0.479 e. The average Bonchev–Trinajstić information content (AvgIpc) is 2.42. The molecule has 10 heteroatoms. The first-order valence-electron chi connectivity index (χ1n) is 9.15. The highest BCUT2D eigenvalue weighted by atomic mass is 35.5. The second-order valence-electron chi connectivity index (χ2n) is 9.50. The monoisotopic (exact) mass is 485 g/mol. The number of carboxylic acids is 1. The number of likely N-dealkylation sites (tertiary alicyclic amines) is 1. The highest BCUT2D eigenvalue weighted by Crippen LogP contribution is 2.46. The number of alkyl halides is 1. The maximum Gasteiger partial charge on any atom is 0.342 e. The molecule has 5 nitrogen and oxygen atoms in total. The quantitative estimate of drug-likeness (QED) is 0.178. The average molecular weight is 486 g/mol. The van der Waals surface area contributed by atoms with Crippen molar-refractivity contribution in [2.75, 3.05) is 0 Å². The first kappa shape index (κ1) is 26.2. The van der Waals surface area contributed by atoms with E-state index >= 15 is 0 Å². The predicted octanol–water partition coefficient (Wildman–Crippen LogP) is 5.38. The van der Waals surface area contributed by atoms with Gasteiger partial charge in [-0.3, -0.25) is 4.79 Å². The molecular weight excluding hydrogens is 454 g/mol. The lowest BCUT2D eigenvalue weighted by atomic mass is 9.93. The molecule has 1 heterocycles. The van der Waals surface area contributed by atoms with E-state index in [1.807, 2.05) is 6.92 Å². The van der Waals surface area contributed by atoms with Crippen molar-refractivity contribution in [3.63, 3.8) is 0 Å². The van der Waals surface area contributed by atoms with Gasteiger partial charge in [0, 0.05) is 4.75 Å². The number of hydrogen-bond donors (Lipinski definition) is 1. The molecule has 1 N–H and O–H groups in total. The number of amides is 1. The van der Waals surface area contributed by atoms with Crippen molar-refractivity contribution in [3.05, 3.63) is 0 Å². The van der Waals surface area contributed by atoms with E-state index in [-0.39, 0.29) is 21.8 Å². The Morgan fingerprint density at radius 1 is 1.29 bits per heavy atom. The van der Waals surface area contributed by atoms with Gasteiger partial charge in [0.2, 0.25) is 11.4 Å². The fraction of sp³-hybridized carbons (Fsp3) is 0.833. The molecule has 1 aliphatic rings. The summed E-state index contributed by atoms with van der Waals surface area (Å²) in [6.07, 6.45) is -0.345. The summed E-state index contributed by atoms with van der Waals surface area (Å²) in [5, 5.41) is 8.85.